The Morgan fingerprint density at radius 3 is 1.80 bits per heavy atom. The topological polar surface area (TPSA) is 46.5 Å². The Balaban J connectivity index is 4.35. The van der Waals surface area contributed by atoms with Crippen molar-refractivity contribution in [3.63, 3.8) is 0 Å². The van der Waals surface area contributed by atoms with Crippen LogP contribution in [-0.2, 0) is 9.53 Å². The number of rotatable bonds is 4. The molecule has 0 spiro atoms. The first-order valence-corrected chi connectivity index (χ1v) is 3.52. The molecule has 0 heterocycles. The van der Waals surface area contributed by atoms with Crippen molar-refractivity contribution in [2.45, 2.75) is 24.9 Å². The monoisotopic (exact) mass is 240 g/mol. The van der Waals surface area contributed by atoms with Gasteiger partial charge in [-0.15, -0.1) is 0 Å². The average molecular weight is 240 g/mol. The van der Waals surface area contributed by atoms with E-state index in [0.717, 1.165) is 0 Å². The van der Waals surface area contributed by atoms with Crippen LogP contribution < -0.4 is 0 Å². The quantitative estimate of drug-likeness (QED) is 0.764. The van der Waals surface area contributed by atoms with Gasteiger partial charge in [-0.25, -0.2) is 0 Å². The van der Waals surface area contributed by atoms with Gasteiger partial charge in [-0.1, -0.05) is 0 Å². The molecule has 0 amide bonds. The summed E-state index contributed by atoms with van der Waals surface area (Å²) in [6, 6.07) is 0. The predicted molar refractivity (Wildman–Crippen MR) is 34.1 cm³/mol. The Hall–Kier alpha value is -0.990. The lowest BCUT2D eigenvalue weighted by molar-refractivity contribution is -0.321. The summed E-state index contributed by atoms with van der Waals surface area (Å²) >= 11 is 0. The molecule has 0 fully saturated rings. The van der Waals surface area contributed by atoms with Crippen molar-refractivity contribution >= 4 is 5.97 Å². The second-order valence-corrected chi connectivity index (χ2v) is 2.48. The molecule has 15 heavy (non-hydrogen) atoms. The summed E-state index contributed by atoms with van der Waals surface area (Å²) in [6.45, 7) is -1.15. The van der Waals surface area contributed by atoms with Gasteiger partial charge >= 0.3 is 18.3 Å². The van der Waals surface area contributed by atoms with Crippen LogP contribution in [0.4, 0.5) is 26.3 Å². The van der Waals surface area contributed by atoms with Crippen molar-refractivity contribution in [1.29, 1.82) is 0 Å². The summed E-state index contributed by atoms with van der Waals surface area (Å²) in [5.41, 5.74) is 0. The fraction of sp³-hybridized carbons (Fsp3) is 0.833. The Morgan fingerprint density at radius 2 is 1.53 bits per heavy atom. The Labute approximate surface area is 79.6 Å². The molecular formula is C6H6F6O3. The van der Waals surface area contributed by atoms with E-state index in [-0.39, 0.29) is 0 Å². The largest absolute Gasteiger partial charge is 0.481 e. The highest BCUT2D eigenvalue weighted by molar-refractivity contribution is 5.66. The zero-order valence-corrected chi connectivity index (χ0v) is 7.02. The molecule has 0 aliphatic heterocycles. The van der Waals surface area contributed by atoms with E-state index < -0.39 is 37.5 Å². The van der Waals surface area contributed by atoms with Gasteiger partial charge in [0.2, 0.25) is 6.10 Å². The first-order valence-electron chi connectivity index (χ1n) is 3.52. The summed E-state index contributed by atoms with van der Waals surface area (Å²) in [5.74, 6) is -1.54. The van der Waals surface area contributed by atoms with Crippen molar-refractivity contribution in [3.05, 3.63) is 0 Å². The highest BCUT2D eigenvalue weighted by Gasteiger charge is 2.57. The third-order valence-corrected chi connectivity index (χ3v) is 1.20. The van der Waals surface area contributed by atoms with Crippen molar-refractivity contribution in [3.8, 4) is 0 Å². The molecule has 0 rings (SSSR count). The SMILES string of the molecule is O=C(O)CCOC(C(F)(F)F)C(F)(F)F. The van der Waals surface area contributed by atoms with Crippen LogP contribution in [0.5, 0.6) is 0 Å². The minimum atomic E-state index is -5.60. The predicted octanol–water partition coefficient (Wildman–Crippen LogP) is 1.97. The molecule has 0 saturated heterocycles. The molecule has 0 bridgehead atoms. The van der Waals surface area contributed by atoms with Gasteiger partial charge in [0, 0.05) is 0 Å². The van der Waals surface area contributed by atoms with Gasteiger partial charge in [0.05, 0.1) is 13.0 Å². The lowest BCUT2D eigenvalue weighted by Crippen LogP contribution is -2.44. The second-order valence-electron chi connectivity index (χ2n) is 2.48. The molecule has 0 atom stereocenters. The first-order chi connectivity index (χ1) is 6.55. The van der Waals surface area contributed by atoms with Gasteiger partial charge < -0.3 is 9.84 Å². The molecule has 0 aliphatic carbocycles. The van der Waals surface area contributed by atoms with Gasteiger partial charge in [0.15, 0.2) is 0 Å². The van der Waals surface area contributed by atoms with Crippen LogP contribution in [0, 0.1) is 0 Å². The lowest BCUT2D eigenvalue weighted by Gasteiger charge is -2.22. The Kier molecular flexibility index (Phi) is 4.38. The van der Waals surface area contributed by atoms with E-state index in [2.05, 4.69) is 4.74 Å². The molecule has 3 nitrogen and oxygen atoms in total. The number of alkyl halides is 6. The highest BCUT2D eigenvalue weighted by atomic mass is 19.4. The summed E-state index contributed by atoms with van der Waals surface area (Å²) in [6.07, 6.45) is -16.1. The standard InChI is InChI=1S/C6H6F6O3/c7-5(8,9)4(6(10,11)12)15-2-1-3(13)14/h4H,1-2H2,(H,13,14). The second kappa shape index (κ2) is 4.69. The zero-order chi connectivity index (χ0) is 12.3. The minimum absolute atomic E-state index is 0.928. The molecule has 0 unspecified atom stereocenters. The van der Waals surface area contributed by atoms with E-state index in [0.29, 0.717) is 0 Å². The van der Waals surface area contributed by atoms with Crippen molar-refractivity contribution in [1.82, 2.24) is 0 Å². The normalized spacial score (nSPS) is 13.3. The number of aliphatic carboxylic acids is 1. The van der Waals surface area contributed by atoms with Crippen LogP contribution in [0.1, 0.15) is 6.42 Å². The van der Waals surface area contributed by atoms with E-state index in [1.165, 1.54) is 0 Å². The van der Waals surface area contributed by atoms with Gasteiger partial charge in [0.1, 0.15) is 0 Å². The van der Waals surface area contributed by atoms with Gasteiger partial charge in [-0.2, -0.15) is 26.3 Å². The number of hydrogen-bond acceptors (Lipinski definition) is 2. The summed E-state index contributed by atoms with van der Waals surface area (Å²) in [5, 5.41) is 7.99. The van der Waals surface area contributed by atoms with E-state index in [1.54, 1.807) is 0 Å². The molecule has 0 aromatic heterocycles. The molecule has 90 valence electrons. The van der Waals surface area contributed by atoms with Crippen LogP contribution in [0.3, 0.4) is 0 Å². The van der Waals surface area contributed by atoms with Gasteiger partial charge in [-0.3, -0.25) is 4.79 Å². The summed E-state index contributed by atoms with van der Waals surface area (Å²) < 4.78 is 73.9. The molecule has 0 aromatic carbocycles. The van der Waals surface area contributed by atoms with Crippen LogP contribution in [-0.4, -0.2) is 36.1 Å². The first kappa shape index (κ1) is 14.0. The van der Waals surface area contributed by atoms with Gasteiger partial charge in [-0.05, 0) is 0 Å². The number of ether oxygens (including phenoxy) is 1. The third-order valence-electron chi connectivity index (χ3n) is 1.20. The van der Waals surface area contributed by atoms with Crippen LogP contribution >= 0.6 is 0 Å². The molecule has 0 saturated carbocycles. The number of carbonyl (C=O) groups is 1. The van der Waals surface area contributed by atoms with E-state index in [9.17, 15) is 31.1 Å². The van der Waals surface area contributed by atoms with Crippen molar-refractivity contribution < 1.29 is 41.0 Å². The maximum atomic E-state index is 11.7. The number of carboxylic acids is 1. The zero-order valence-electron chi connectivity index (χ0n) is 7.02. The number of hydrogen-bond donors (Lipinski definition) is 1. The minimum Gasteiger partial charge on any atom is -0.481 e. The van der Waals surface area contributed by atoms with E-state index in [1.807, 2.05) is 0 Å². The molecule has 0 aliphatic rings. The maximum Gasteiger partial charge on any atom is 0.423 e. The van der Waals surface area contributed by atoms with Crippen LogP contribution in [0.25, 0.3) is 0 Å². The molecule has 1 N–H and O–H groups in total. The summed E-state index contributed by atoms with van der Waals surface area (Å²) in [7, 11) is 0. The third kappa shape index (κ3) is 5.45. The highest BCUT2D eigenvalue weighted by Crippen LogP contribution is 2.35. The molecular weight excluding hydrogens is 234 g/mol. The lowest BCUT2D eigenvalue weighted by atomic mass is 10.3. The fourth-order valence-electron chi connectivity index (χ4n) is 0.639. The van der Waals surface area contributed by atoms with Gasteiger partial charge in [0.25, 0.3) is 0 Å². The van der Waals surface area contributed by atoms with E-state index >= 15 is 0 Å². The smallest absolute Gasteiger partial charge is 0.423 e. The van der Waals surface area contributed by atoms with Crippen LogP contribution in [0.15, 0.2) is 0 Å². The van der Waals surface area contributed by atoms with Crippen molar-refractivity contribution in [2.24, 2.45) is 0 Å². The Bertz CT molecular complexity index is 206. The van der Waals surface area contributed by atoms with Crippen molar-refractivity contribution in [2.75, 3.05) is 6.61 Å². The fourth-order valence-corrected chi connectivity index (χ4v) is 0.639. The summed E-state index contributed by atoms with van der Waals surface area (Å²) in [4.78, 5) is 9.84. The van der Waals surface area contributed by atoms with E-state index in [4.69, 9.17) is 5.11 Å². The Morgan fingerprint density at radius 1 is 1.13 bits per heavy atom. The number of halogens is 6. The molecule has 0 aromatic rings. The maximum absolute atomic E-state index is 11.7. The average Bonchev–Trinajstić information content (AvgIpc) is 1.92. The molecule has 0 radical (unpaired) electrons. The number of carboxylic acid groups (broad SMARTS) is 1. The molecule has 9 heteroatoms. The van der Waals surface area contributed by atoms with Crippen LogP contribution in [0.2, 0.25) is 0 Å².